The van der Waals surface area contributed by atoms with Crippen molar-refractivity contribution in [2.24, 2.45) is 5.73 Å². The van der Waals surface area contributed by atoms with Gasteiger partial charge in [0.25, 0.3) is 0 Å². The van der Waals surface area contributed by atoms with Crippen LogP contribution in [-0.4, -0.2) is 42.4 Å². The first kappa shape index (κ1) is 18.5. The van der Waals surface area contributed by atoms with Crippen molar-refractivity contribution in [2.75, 3.05) is 19.6 Å². The minimum Gasteiger partial charge on any atom is -0.354 e. The van der Waals surface area contributed by atoms with Crippen molar-refractivity contribution in [3.63, 3.8) is 0 Å². The first-order chi connectivity index (χ1) is 10.2. The van der Waals surface area contributed by atoms with Gasteiger partial charge in [-0.25, -0.2) is 0 Å². The van der Waals surface area contributed by atoms with Gasteiger partial charge in [-0.15, -0.1) is 12.4 Å². The van der Waals surface area contributed by atoms with Crippen molar-refractivity contribution in [3.05, 3.63) is 35.9 Å². The van der Waals surface area contributed by atoms with E-state index in [4.69, 9.17) is 5.73 Å². The lowest BCUT2D eigenvalue weighted by atomic mass is 10.1. The Morgan fingerprint density at radius 1 is 1.27 bits per heavy atom. The molecule has 1 aliphatic heterocycles. The second-order valence-corrected chi connectivity index (χ2v) is 5.34. The molecule has 1 aromatic carbocycles. The molecule has 1 aromatic rings. The minimum absolute atomic E-state index is 0. The van der Waals surface area contributed by atoms with Crippen molar-refractivity contribution >= 4 is 24.2 Å². The summed E-state index contributed by atoms with van der Waals surface area (Å²) in [6.07, 6.45) is 2.74. The Balaban J connectivity index is 0.00000242. The predicted molar refractivity (Wildman–Crippen MR) is 88.8 cm³/mol. The monoisotopic (exact) mass is 325 g/mol. The molecular weight excluding hydrogens is 302 g/mol. The molecule has 0 aliphatic carbocycles. The second-order valence-electron chi connectivity index (χ2n) is 5.34. The van der Waals surface area contributed by atoms with Gasteiger partial charge in [0.2, 0.25) is 11.8 Å². The van der Waals surface area contributed by atoms with Gasteiger partial charge >= 0.3 is 0 Å². The third kappa shape index (κ3) is 5.00. The van der Waals surface area contributed by atoms with Crippen LogP contribution >= 0.6 is 12.4 Å². The summed E-state index contributed by atoms with van der Waals surface area (Å²) in [6, 6.07) is 9.32. The van der Waals surface area contributed by atoms with Crippen LogP contribution in [-0.2, 0) is 16.0 Å². The molecule has 1 fully saturated rings. The summed E-state index contributed by atoms with van der Waals surface area (Å²) in [5, 5.41) is 2.86. The Morgan fingerprint density at radius 3 is 2.68 bits per heavy atom. The van der Waals surface area contributed by atoms with Crippen LogP contribution in [0.3, 0.4) is 0 Å². The van der Waals surface area contributed by atoms with E-state index in [1.165, 1.54) is 0 Å². The molecular formula is C16H24ClN3O2. The lowest BCUT2D eigenvalue weighted by molar-refractivity contribution is -0.137. The van der Waals surface area contributed by atoms with Crippen LogP contribution in [0, 0.1) is 0 Å². The quantitative estimate of drug-likeness (QED) is 0.769. The molecule has 0 aromatic heterocycles. The molecule has 122 valence electrons. The van der Waals surface area contributed by atoms with E-state index < -0.39 is 0 Å². The molecule has 1 atom stereocenters. The van der Waals surface area contributed by atoms with Crippen LogP contribution in [0.5, 0.6) is 0 Å². The van der Waals surface area contributed by atoms with E-state index >= 15 is 0 Å². The van der Waals surface area contributed by atoms with Crippen molar-refractivity contribution in [2.45, 2.75) is 31.7 Å². The van der Waals surface area contributed by atoms with Crippen molar-refractivity contribution in [1.29, 1.82) is 0 Å². The highest BCUT2D eigenvalue weighted by molar-refractivity contribution is 5.89. The number of nitrogens with zero attached hydrogens (tertiary/aromatic N) is 1. The summed E-state index contributed by atoms with van der Waals surface area (Å²) in [5.41, 5.74) is 6.40. The van der Waals surface area contributed by atoms with Gasteiger partial charge < -0.3 is 16.0 Å². The summed E-state index contributed by atoms with van der Waals surface area (Å²) in [6.45, 7) is 1.80. The van der Waals surface area contributed by atoms with E-state index in [-0.39, 0.29) is 30.3 Å². The molecule has 1 heterocycles. The number of nitrogens with two attached hydrogens (primary N) is 1. The Morgan fingerprint density at radius 2 is 2.00 bits per heavy atom. The van der Waals surface area contributed by atoms with E-state index in [1.807, 2.05) is 30.3 Å². The summed E-state index contributed by atoms with van der Waals surface area (Å²) < 4.78 is 0. The van der Waals surface area contributed by atoms with Crippen LogP contribution in [0.1, 0.15) is 24.8 Å². The first-order valence-electron chi connectivity index (χ1n) is 7.53. The van der Waals surface area contributed by atoms with E-state index in [1.54, 1.807) is 4.90 Å². The summed E-state index contributed by atoms with van der Waals surface area (Å²) in [4.78, 5) is 26.2. The Kier molecular flexibility index (Phi) is 7.91. The van der Waals surface area contributed by atoms with E-state index in [0.29, 0.717) is 26.1 Å². The zero-order chi connectivity index (χ0) is 15.1. The fraction of sp³-hybridized carbons (Fsp3) is 0.500. The van der Waals surface area contributed by atoms with Crippen LogP contribution in [0.4, 0.5) is 0 Å². The molecule has 2 rings (SSSR count). The normalized spacial score (nSPS) is 17.0. The molecule has 3 N–H and O–H groups in total. The highest BCUT2D eigenvalue weighted by Crippen LogP contribution is 2.19. The highest BCUT2D eigenvalue weighted by Gasteiger charge is 2.33. The van der Waals surface area contributed by atoms with Crippen LogP contribution < -0.4 is 11.1 Å². The topological polar surface area (TPSA) is 75.4 Å². The maximum absolute atomic E-state index is 12.4. The number of hydrogen-bond donors (Lipinski definition) is 2. The minimum atomic E-state index is -0.320. The largest absolute Gasteiger partial charge is 0.354 e. The molecule has 1 unspecified atom stereocenters. The smallest absolute Gasteiger partial charge is 0.242 e. The third-order valence-electron chi connectivity index (χ3n) is 3.75. The predicted octanol–water partition coefficient (Wildman–Crippen LogP) is 1.11. The maximum Gasteiger partial charge on any atom is 0.242 e. The van der Waals surface area contributed by atoms with Crippen molar-refractivity contribution < 1.29 is 9.59 Å². The van der Waals surface area contributed by atoms with Gasteiger partial charge in [0.15, 0.2) is 0 Å². The molecule has 6 heteroatoms. The molecule has 5 nitrogen and oxygen atoms in total. The standard InChI is InChI=1S/C16H23N3O2.ClH/c17-9-5-10-18-16(21)14-8-4-11-19(14)15(20)12-13-6-2-1-3-7-13;/h1-3,6-7,14H,4-5,8-12,17H2,(H,18,21);1H. The number of likely N-dealkylation sites (tertiary alicyclic amines) is 1. The van der Waals surface area contributed by atoms with Gasteiger partial charge in [0, 0.05) is 13.1 Å². The molecule has 0 radical (unpaired) electrons. The molecule has 0 saturated carbocycles. The van der Waals surface area contributed by atoms with Crippen LogP contribution in [0.25, 0.3) is 0 Å². The van der Waals surface area contributed by atoms with Crippen molar-refractivity contribution in [3.8, 4) is 0 Å². The highest BCUT2D eigenvalue weighted by atomic mass is 35.5. The number of carbonyl (C=O) groups excluding carboxylic acids is 2. The SMILES string of the molecule is Cl.NCCCNC(=O)C1CCCN1C(=O)Cc1ccccc1. The molecule has 0 bridgehead atoms. The number of nitrogens with one attached hydrogen (secondary N) is 1. The van der Waals surface area contributed by atoms with Crippen LogP contribution in [0.15, 0.2) is 30.3 Å². The zero-order valence-electron chi connectivity index (χ0n) is 12.7. The van der Waals surface area contributed by atoms with Gasteiger partial charge in [-0.1, -0.05) is 30.3 Å². The lowest BCUT2D eigenvalue weighted by Crippen LogP contribution is -2.46. The van der Waals surface area contributed by atoms with E-state index in [0.717, 1.165) is 24.8 Å². The average Bonchev–Trinajstić information content (AvgIpc) is 2.98. The maximum atomic E-state index is 12.4. The fourth-order valence-electron chi connectivity index (χ4n) is 2.64. The molecule has 0 spiro atoms. The van der Waals surface area contributed by atoms with Crippen molar-refractivity contribution in [1.82, 2.24) is 10.2 Å². The first-order valence-corrected chi connectivity index (χ1v) is 7.53. The summed E-state index contributed by atoms with van der Waals surface area (Å²) in [5.74, 6) is -0.0277. The zero-order valence-corrected chi connectivity index (χ0v) is 13.5. The third-order valence-corrected chi connectivity index (χ3v) is 3.75. The number of halogens is 1. The number of rotatable bonds is 6. The van der Waals surface area contributed by atoms with Gasteiger partial charge in [-0.2, -0.15) is 0 Å². The summed E-state index contributed by atoms with van der Waals surface area (Å²) in [7, 11) is 0. The molecule has 1 saturated heterocycles. The molecule has 1 aliphatic rings. The Hall–Kier alpha value is -1.59. The Labute approximate surface area is 137 Å². The molecule has 22 heavy (non-hydrogen) atoms. The van der Waals surface area contributed by atoms with Gasteiger partial charge in [0.1, 0.15) is 6.04 Å². The lowest BCUT2D eigenvalue weighted by Gasteiger charge is -2.24. The second kappa shape index (κ2) is 9.43. The number of amides is 2. The molecule has 2 amide bonds. The average molecular weight is 326 g/mol. The van der Waals surface area contributed by atoms with Crippen LogP contribution in [0.2, 0.25) is 0 Å². The van der Waals surface area contributed by atoms with E-state index in [9.17, 15) is 9.59 Å². The number of carbonyl (C=O) groups is 2. The van der Waals surface area contributed by atoms with Gasteiger partial charge in [-0.05, 0) is 31.4 Å². The fourth-order valence-corrected chi connectivity index (χ4v) is 2.64. The summed E-state index contributed by atoms with van der Waals surface area (Å²) >= 11 is 0. The van der Waals surface area contributed by atoms with Gasteiger partial charge in [0.05, 0.1) is 6.42 Å². The van der Waals surface area contributed by atoms with Gasteiger partial charge in [-0.3, -0.25) is 9.59 Å². The van der Waals surface area contributed by atoms with E-state index in [2.05, 4.69) is 5.32 Å². The number of hydrogen-bond acceptors (Lipinski definition) is 3. The number of benzene rings is 1. The Bertz CT molecular complexity index is 482.